The maximum absolute atomic E-state index is 13.1. The number of hydrogen-bond donors (Lipinski definition) is 1. The highest BCUT2D eigenvalue weighted by molar-refractivity contribution is 6.07. The van der Waals surface area contributed by atoms with Crippen LogP contribution in [0.5, 0.6) is 0 Å². The largest absolute Gasteiger partial charge is 0.338 e. The predicted octanol–water partition coefficient (Wildman–Crippen LogP) is 3.51. The molecule has 2 fully saturated rings. The van der Waals surface area contributed by atoms with Gasteiger partial charge in [0.2, 0.25) is 5.91 Å². The van der Waals surface area contributed by atoms with Crippen molar-refractivity contribution in [3.8, 4) is 0 Å². The molecule has 1 spiro atoms. The van der Waals surface area contributed by atoms with E-state index < -0.39 is 5.54 Å². The molecule has 2 aromatic rings. The van der Waals surface area contributed by atoms with Crippen molar-refractivity contribution >= 4 is 17.8 Å². The van der Waals surface area contributed by atoms with Gasteiger partial charge in [0.05, 0.1) is 0 Å². The Balaban J connectivity index is 1.40. The molecule has 1 heterocycles. The molecule has 0 aromatic heterocycles. The number of imide groups is 1. The number of hydrogen-bond acceptors (Lipinski definition) is 3. The van der Waals surface area contributed by atoms with E-state index in [-0.39, 0.29) is 30.8 Å². The van der Waals surface area contributed by atoms with Crippen LogP contribution in [0.4, 0.5) is 4.79 Å². The molecule has 0 radical (unpaired) electrons. The summed E-state index contributed by atoms with van der Waals surface area (Å²) in [6, 6.07) is 19.6. The second-order valence-electron chi connectivity index (χ2n) is 8.46. The van der Waals surface area contributed by atoms with Gasteiger partial charge in [0.25, 0.3) is 5.91 Å². The molecule has 0 atom stereocenters. The molecule has 1 saturated heterocycles. The molecule has 2 aliphatic rings. The van der Waals surface area contributed by atoms with Gasteiger partial charge in [0, 0.05) is 26.1 Å². The Kier molecular flexibility index (Phi) is 6.35. The van der Waals surface area contributed by atoms with E-state index in [1.54, 1.807) is 0 Å². The van der Waals surface area contributed by atoms with Gasteiger partial charge >= 0.3 is 6.03 Å². The zero-order chi connectivity index (χ0) is 21.7. The van der Waals surface area contributed by atoms with Gasteiger partial charge in [-0.25, -0.2) is 4.79 Å². The fraction of sp³-hybridized carbons (Fsp3) is 0.400. The Hall–Kier alpha value is -3.15. The molecule has 4 rings (SSSR count). The molecule has 0 unspecified atom stereocenters. The van der Waals surface area contributed by atoms with Gasteiger partial charge in [-0.15, -0.1) is 0 Å². The van der Waals surface area contributed by atoms with E-state index in [0.29, 0.717) is 25.9 Å². The van der Waals surface area contributed by atoms with Gasteiger partial charge in [-0.3, -0.25) is 14.5 Å². The number of benzene rings is 2. The average molecular weight is 420 g/mol. The van der Waals surface area contributed by atoms with Gasteiger partial charge in [0.15, 0.2) is 0 Å². The monoisotopic (exact) mass is 419 g/mol. The lowest BCUT2D eigenvalue weighted by molar-refractivity contribution is -0.134. The van der Waals surface area contributed by atoms with E-state index >= 15 is 0 Å². The molecule has 31 heavy (non-hydrogen) atoms. The molecule has 1 aliphatic heterocycles. The number of carbonyl (C=O) groups is 3. The molecule has 1 N–H and O–H groups in total. The molecule has 6 heteroatoms. The average Bonchev–Trinajstić information content (AvgIpc) is 3.35. The first-order valence-electron chi connectivity index (χ1n) is 11.1. The molecular weight excluding hydrogens is 390 g/mol. The first-order valence-corrected chi connectivity index (χ1v) is 11.1. The highest BCUT2D eigenvalue weighted by Gasteiger charge is 2.52. The molecule has 1 aliphatic carbocycles. The fourth-order valence-electron chi connectivity index (χ4n) is 4.57. The van der Waals surface area contributed by atoms with Crippen LogP contribution in [0, 0.1) is 0 Å². The standard InChI is InChI=1S/C25H29N3O3/c29-22(14-18-28-23(30)25(26-24(28)31)15-7-8-16-25)27(19-21-11-5-2-6-12-21)17-13-20-9-3-1-4-10-20/h1-6,9-12H,7-8,13-19H2,(H,26,31). The Morgan fingerprint density at radius 3 is 2.19 bits per heavy atom. The lowest BCUT2D eigenvalue weighted by atomic mass is 9.98. The molecule has 6 nitrogen and oxygen atoms in total. The normalized spacial score (nSPS) is 17.2. The minimum atomic E-state index is -0.725. The van der Waals surface area contributed by atoms with Crippen LogP contribution in [-0.4, -0.2) is 46.3 Å². The van der Waals surface area contributed by atoms with E-state index in [1.807, 2.05) is 53.4 Å². The lowest BCUT2D eigenvalue weighted by Gasteiger charge is -2.24. The number of nitrogens with one attached hydrogen (secondary N) is 1. The Morgan fingerprint density at radius 1 is 0.935 bits per heavy atom. The van der Waals surface area contributed by atoms with Crippen molar-refractivity contribution in [2.75, 3.05) is 13.1 Å². The van der Waals surface area contributed by atoms with Crippen LogP contribution in [0.15, 0.2) is 60.7 Å². The molecule has 4 amide bonds. The van der Waals surface area contributed by atoms with E-state index in [1.165, 1.54) is 10.5 Å². The van der Waals surface area contributed by atoms with Crippen LogP contribution >= 0.6 is 0 Å². The summed E-state index contributed by atoms with van der Waals surface area (Å²) in [6.45, 7) is 1.22. The van der Waals surface area contributed by atoms with Crippen LogP contribution in [0.2, 0.25) is 0 Å². The second-order valence-corrected chi connectivity index (χ2v) is 8.46. The van der Waals surface area contributed by atoms with Crippen LogP contribution in [-0.2, 0) is 22.6 Å². The SMILES string of the molecule is O=C(CCN1C(=O)NC2(CCCC2)C1=O)N(CCc1ccccc1)Cc1ccccc1. The van der Waals surface area contributed by atoms with Gasteiger partial charge in [-0.2, -0.15) is 0 Å². The summed E-state index contributed by atoms with van der Waals surface area (Å²) in [5.41, 5.74) is 1.51. The first kappa shape index (κ1) is 21.1. The third-order valence-electron chi connectivity index (χ3n) is 6.33. The first-order chi connectivity index (χ1) is 15.1. The van der Waals surface area contributed by atoms with Crippen LogP contribution in [0.3, 0.4) is 0 Å². The summed E-state index contributed by atoms with van der Waals surface area (Å²) < 4.78 is 0. The van der Waals surface area contributed by atoms with E-state index in [4.69, 9.17) is 0 Å². The van der Waals surface area contributed by atoms with E-state index in [9.17, 15) is 14.4 Å². The van der Waals surface area contributed by atoms with Gasteiger partial charge < -0.3 is 10.2 Å². The van der Waals surface area contributed by atoms with Crippen molar-refractivity contribution in [1.29, 1.82) is 0 Å². The van der Waals surface area contributed by atoms with Gasteiger partial charge in [0.1, 0.15) is 5.54 Å². The second kappa shape index (κ2) is 9.33. The zero-order valence-electron chi connectivity index (χ0n) is 17.8. The summed E-state index contributed by atoms with van der Waals surface area (Å²) in [5.74, 6) is -0.213. The van der Waals surface area contributed by atoms with Crippen molar-refractivity contribution in [3.05, 3.63) is 71.8 Å². The molecular formula is C25H29N3O3. The van der Waals surface area contributed by atoms with Gasteiger partial charge in [-0.05, 0) is 30.4 Å². The van der Waals surface area contributed by atoms with Gasteiger partial charge in [-0.1, -0.05) is 73.5 Å². The molecule has 162 valence electrons. The smallest absolute Gasteiger partial charge is 0.325 e. The maximum atomic E-state index is 13.1. The maximum Gasteiger partial charge on any atom is 0.325 e. The van der Waals surface area contributed by atoms with E-state index in [0.717, 1.165) is 24.8 Å². The van der Waals surface area contributed by atoms with Crippen LogP contribution in [0.1, 0.15) is 43.2 Å². The summed E-state index contributed by atoms with van der Waals surface area (Å²) in [4.78, 5) is 41.4. The lowest BCUT2D eigenvalue weighted by Crippen LogP contribution is -2.44. The number of urea groups is 1. The van der Waals surface area contributed by atoms with Crippen LogP contribution < -0.4 is 5.32 Å². The van der Waals surface area contributed by atoms with Crippen molar-refractivity contribution < 1.29 is 14.4 Å². The topological polar surface area (TPSA) is 69.7 Å². The highest BCUT2D eigenvalue weighted by Crippen LogP contribution is 2.35. The van der Waals surface area contributed by atoms with Crippen LogP contribution in [0.25, 0.3) is 0 Å². The van der Waals surface area contributed by atoms with Crippen molar-refractivity contribution in [3.63, 3.8) is 0 Å². The van der Waals surface area contributed by atoms with E-state index in [2.05, 4.69) is 17.4 Å². The van der Waals surface area contributed by atoms with Crippen molar-refractivity contribution in [2.24, 2.45) is 0 Å². The highest BCUT2D eigenvalue weighted by atomic mass is 16.2. The minimum Gasteiger partial charge on any atom is -0.338 e. The van der Waals surface area contributed by atoms with Crippen molar-refractivity contribution in [2.45, 2.75) is 50.6 Å². The third-order valence-corrected chi connectivity index (χ3v) is 6.33. The number of amides is 4. The summed E-state index contributed by atoms with van der Waals surface area (Å²) >= 11 is 0. The Labute approximate surface area is 183 Å². The number of carbonyl (C=O) groups excluding carboxylic acids is 3. The summed E-state index contributed by atoms with van der Waals surface area (Å²) in [5, 5.41) is 2.88. The number of nitrogens with zero attached hydrogens (tertiary/aromatic N) is 2. The zero-order valence-corrected chi connectivity index (χ0v) is 17.8. The molecule has 0 bridgehead atoms. The number of rotatable bonds is 8. The summed E-state index contributed by atoms with van der Waals surface area (Å²) in [6.07, 6.45) is 4.17. The Morgan fingerprint density at radius 2 is 1.55 bits per heavy atom. The summed E-state index contributed by atoms with van der Waals surface area (Å²) in [7, 11) is 0. The minimum absolute atomic E-state index is 0.0484. The van der Waals surface area contributed by atoms with Crippen molar-refractivity contribution in [1.82, 2.24) is 15.1 Å². The third kappa shape index (κ3) is 4.79. The predicted molar refractivity (Wildman–Crippen MR) is 118 cm³/mol. The molecule has 2 aromatic carbocycles. The molecule has 1 saturated carbocycles. The Bertz CT molecular complexity index is 924. The quantitative estimate of drug-likeness (QED) is 0.666. The fourth-order valence-corrected chi connectivity index (χ4v) is 4.57.